The van der Waals surface area contributed by atoms with Crippen LogP contribution >= 0.6 is 0 Å². The molecule has 0 aliphatic carbocycles. The molecule has 156 valence electrons. The summed E-state index contributed by atoms with van der Waals surface area (Å²) in [4.78, 5) is 16.8. The summed E-state index contributed by atoms with van der Waals surface area (Å²) in [6.07, 6.45) is 2.06. The van der Waals surface area contributed by atoms with Crippen LogP contribution in [-0.2, 0) is 14.8 Å². The lowest BCUT2D eigenvalue weighted by Crippen LogP contribution is -2.48. The summed E-state index contributed by atoms with van der Waals surface area (Å²) in [5.74, 6) is 0.0935. The maximum atomic E-state index is 12.6. The quantitative estimate of drug-likeness (QED) is 0.698. The van der Waals surface area contributed by atoms with Crippen molar-refractivity contribution in [1.82, 2.24) is 4.90 Å². The fourth-order valence-electron chi connectivity index (χ4n) is 3.69. The molecule has 1 aliphatic rings. The number of carbonyl (C=O) groups excluding carboxylic acids is 1. The van der Waals surface area contributed by atoms with Crippen molar-refractivity contribution in [3.05, 3.63) is 60.2 Å². The molecule has 1 heterocycles. The van der Waals surface area contributed by atoms with Gasteiger partial charge in [0.25, 0.3) is 0 Å². The molecular formula is C22H29N3O3S. The van der Waals surface area contributed by atoms with Crippen LogP contribution in [0.2, 0.25) is 0 Å². The van der Waals surface area contributed by atoms with Gasteiger partial charge < -0.3 is 9.80 Å². The van der Waals surface area contributed by atoms with E-state index < -0.39 is 10.0 Å². The number of amides is 1. The zero-order valence-corrected chi connectivity index (χ0v) is 17.9. The van der Waals surface area contributed by atoms with Crippen molar-refractivity contribution >= 4 is 27.3 Å². The number of anilines is 2. The highest BCUT2D eigenvalue weighted by Gasteiger charge is 2.23. The molecule has 3 rings (SSSR count). The molecule has 0 saturated carbocycles. The monoisotopic (exact) mass is 415 g/mol. The Hall–Kier alpha value is -2.54. The lowest BCUT2D eigenvalue weighted by Gasteiger charge is -2.36. The molecule has 2 aromatic rings. The number of nitrogens with zero attached hydrogens (tertiary/aromatic N) is 3. The first-order valence-electron chi connectivity index (χ1n) is 9.97. The Morgan fingerprint density at radius 2 is 1.59 bits per heavy atom. The average molecular weight is 416 g/mol. The number of sulfonamides is 1. The highest BCUT2D eigenvalue weighted by molar-refractivity contribution is 7.92. The molecule has 1 fully saturated rings. The lowest BCUT2D eigenvalue weighted by atomic mass is 10.2. The molecule has 0 atom stereocenters. The summed E-state index contributed by atoms with van der Waals surface area (Å²) < 4.78 is 25.9. The second-order valence-corrected chi connectivity index (χ2v) is 9.34. The Labute approximate surface area is 173 Å². The van der Waals surface area contributed by atoms with Crippen molar-refractivity contribution in [2.45, 2.75) is 19.8 Å². The summed E-state index contributed by atoms with van der Waals surface area (Å²) in [5.41, 5.74) is 2.77. The zero-order chi connectivity index (χ0) is 20.9. The average Bonchev–Trinajstić information content (AvgIpc) is 2.72. The highest BCUT2D eigenvalue weighted by Crippen LogP contribution is 2.23. The number of para-hydroxylation sites is 2. The Morgan fingerprint density at radius 1 is 0.966 bits per heavy atom. The van der Waals surface area contributed by atoms with Crippen LogP contribution in [0, 0.1) is 6.92 Å². The molecule has 1 amide bonds. The van der Waals surface area contributed by atoms with Gasteiger partial charge in [-0.25, -0.2) is 8.42 Å². The van der Waals surface area contributed by atoms with Crippen molar-refractivity contribution in [2.75, 3.05) is 48.2 Å². The van der Waals surface area contributed by atoms with E-state index in [4.69, 9.17) is 0 Å². The molecule has 29 heavy (non-hydrogen) atoms. The van der Waals surface area contributed by atoms with Crippen molar-refractivity contribution in [2.24, 2.45) is 0 Å². The fraction of sp³-hybridized carbons (Fsp3) is 0.409. The van der Waals surface area contributed by atoms with E-state index in [1.165, 1.54) is 16.2 Å². The van der Waals surface area contributed by atoms with Crippen LogP contribution in [0.1, 0.15) is 18.4 Å². The molecule has 0 bridgehead atoms. The van der Waals surface area contributed by atoms with Crippen molar-refractivity contribution in [1.29, 1.82) is 0 Å². The van der Waals surface area contributed by atoms with E-state index in [9.17, 15) is 13.2 Å². The minimum atomic E-state index is -3.40. The molecule has 1 aliphatic heterocycles. The Morgan fingerprint density at radius 3 is 2.21 bits per heavy atom. The molecule has 1 saturated heterocycles. The third kappa shape index (κ3) is 5.50. The van der Waals surface area contributed by atoms with Gasteiger partial charge in [-0.3, -0.25) is 9.10 Å². The highest BCUT2D eigenvalue weighted by atomic mass is 32.2. The minimum Gasteiger partial charge on any atom is -0.368 e. The van der Waals surface area contributed by atoms with Crippen molar-refractivity contribution in [3.63, 3.8) is 0 Å². The van der Waals surface area contributed by atoms with Gasteiger partial charge in [0.1, 0.15) is 0 Å². The lowest BCUT2D eigenvalue weighted by molar-refractivity contribution is -0.131. The van der Waals surface area contributed by atoms with E-state index in [1.807, 2.05) is 48.2 Å². The van der Waals surface area contributed by atoms with Crippen LogP contribution < -0.4 is 9.21 Å². The Kier molecular flexibility index (Phi) is 6.79. The third-order valence-corrected chi connectivity index (χ3v) is 6.47. The van der Waals surface area contributed by atoms with Gasteiger partial charge in [-0.05, 0) is 37.1 Å². The first-order chi connectivity index (χ1) is 13.9. The molecule has 0 radical (unpaired) electrons. The number of hydrogen-bond donors (Lipinski definition) is 0. The number of carbonyl (C=O) groups is 1. The first-order valence-corrected chi connectivity index (χ1v) is 11.8. The molecular weight excluding hydrogens is 386 g/mol. The van der Waals surface area contributed by atoms with Gasteiger partial charge in [0, 0.05) is 44.8 Å². The molecule has 0 aromatic heterocycles. The van der Waals surface area contributed by atoms with E-state index in [0.717, 1.165) is 18.7 Å². The van der Waals surface area contributed by atoms with Crippen LogP contribution in [-0.4, -0.2) is 58.2 Å². The van der Waals surface area contributed by atoms with Gasteiger partial charge in [-0.15, -0.1) is 0 Å². The van der Waals surface area contributed by atoms with Crippen LogP contribution in [0.15, 0.2) is 54.6 Å². The number of benzene rings is 2. The van der Waals surface area contributed by atoms with Crippen molar-refractivity contribution < 1.29 is 13.2 Å². The second kappa shape index (κ2) is 9.31. The predicted molar refractivity (Wildman–Crippen MR) is 118 cm³/mol. The summed E-state index contributed by atoms with van der Waals surface area (Å²) in [6.45, 7) is 5.22. The maximum Gasteiger partial charge on any atom is 0.232 e. The molecule has 0 N–H and O–H groups in total. The Bertz CT molecular complexity index is 923. The fourth-order valence-corrected chi connectivity index (χ4v) is 4.72. The molecule has 7 heteroatoms. The van der Waals surface area contributed by atoms with Crippen molar-refractivity contribution in [3.8, 4) is 0 Å². The van der Waals surface area contributed by atoms with Crippen LogP contribution in [0.5, 0.6) is 0 Å². The standard InChI is InChI=1S/C22H29N3O3S/c1-19-9-6-7-12-21(19)25(29(2,27)28)14-8-13-22(26)24-17-15-23(16-18-24)20-10-4-3-5-11-20/h3-7,9-12H,8,13-18H2,1-2H3. The normalized spacial score (nSPS) is 14.7. The van der Waals surface area contributed by atoms with Gasteiger partial charge >= 0.3 is 0 Å². The molecule has 6 nitrogen and oxygen atoms in total. The van der Waals surface area contributed by atoms with E-state index in [2.05, 4.69) is 17.0 Å². The SMILES string of the molecule is Cc1ccccc1N(CCCC(=O)N1CCN(c2ccccc2)CC1)S(C)(=O)=O. The first kappa shape index (κ1) is 21.2. The summed E-state index contributed by atoms with van der Waals surface area (Å²) in [5, 5.41) is 0. The molecule has 0 spiro atoms. The largest absolute Gasteiger partial charge is 0.368 e. The van der Waals surface area contributed by atoms with E-state index in [1.54, 1.807) is 6.07 Å². The Balaban J connectivity index is 1.52. The van der Waals surface area contributed by atoms with E-state index in [0.29, 0.717) is 38.2 Å². The van der Waals surface area contributed by atoms with Crippen LogP contribution in [0.25, 0.3) is 0 Å². The van der Waals surface area contributed by atoms with Gasteiger partial charge in [0.05, 0.1) is 11.9 Å². The van der Waals surface area contributed by atoms with Gasteiger partial charge in [-0.1, -0.05) is 36.4 Å². The number of hydrogen-bond acceptors (Lipinski definition) is 4. The van der Waals surface area contributed by atoms with E-state index >= 15 is 0 Å². The topological polar surface area (TPSA) is 60.9 Å². The van der Waals surface area contributed by atoms with Crippen LogP contribution in [0.3, 0.4) is 0 Å². The van der Waals surface area contributed by atoms with E-state index in [-0.39, 0.29) is 5.91 Å². The number of piperazine rings is 1. The van der Waals surface area contributed by atoms with Gasteiger partial charge in [0.15, 0.2) is 0 Å². The van der Waals surface area contributed by atoms with Crippen LogP contribution in [0.4, 0.5) is 11.4 Å². The molecule has 0 unspecified atom stereocenters. The summed E-state index contributed by atoms with van der Waals surface area (Å²) in [7, 11) is -3.40. The summed E-state index contributed by atoms with van der Waals surface area (Å²) in [6, 6.07) is 17.6. The maximum absolute atomic E-state index is 12.6. The van der Waals surface area contributed by atoms with Gasteiger partial charge in [-0.2, -0.15) is 0 Å². The third-order valence-electron chi connectivity index (χ3n) is 5.29. The molecule has 2 aromatic carbocycles. The van der Waals surface area contributed by atoms with Gasteiger partial charge in [0.2, 0.25) is 15.9 Å². The minimum absolute atomic E-state index is 0.0935. The smallest absolute Gasteiger partial charge is 0.232 e. The predicted octanol–water partition coefficient (Wildman–Crippen LogP) is 2.89. The number of rotatable bonds is 7. The summed E-state index contributed by atoms with van der Waals surface area (Å²) >= 11 is 0. The number of aryl methyl sites for hydroxylation is 1. The second-order valence-electron chi connectivity index (χ2n) is 7.43. The zero-order valence-electron chi connectivity index (χ0n) is 17.1.